The second-order valence-corrected chi connectivity index (χ2v) is 7.34. The van der Waals surface area contributed by atoms with Gasteiger partial charge in [-0.25, -0.2) is 0 Å². The summed E-state index contributed by atoms with van der Waals surface area (Å²) in [5, 5.41) is 18.6. The predicted octanol–water partition coefficient (Wildman–Crippen LogP) is 0.998. The zero-order valence-electron chi connectivity index (χ0n) is 14.6. The molecule has 7 nitrogen and oxygen atoms in total. The van der Waals surface area contributed by atoms with Gasteiger partial charge in [-0.2, -0.15) is 0 Å². The van der Waals surface area contributed by atoms with Gasteiger partial charge >= 0.3 is 0 Å². The lowest BCUT2D eigenvalue weighted by Gasteiger charge is -2.47. The standard InChI is InChI=1S/C18H26N2O5/c1-13(22)10-20-12-18(5-4-16(20)23)6-8-19(9-7-18)17(24)15-3-2-14(11-21)25-15/h2-3,13,21-22H,4-12H2,1H3/t13-/m0/s1. The van der Waals surface area contributed by atoms with E-state index in [0.29, 0.717) is 38.4 Å². The Hall–Kier alpha value is -1.86. The largest absolute Gasteiger partial charge is 0.453 e. The highest BCUT2D eigenvalue weighted by atomic mass is 16.4. The van der Waals surface area contributed by atoms with Crippen molar-refractivity contribution in [2.45, 2.75) is 45.3 Å². The van der Waals surface area contributed by atoms with Crippen LogP contribution in [0.3, 0.4) is 0 Å². The van der Waals surface area contributed by atoms with Crippen LogP contribution >= 0.6 is 0 Å². The van der Waals surface area contributed by atoms with Crippen molar-refractivity contribution in [3.05, 3.63) is 23.7 Å². The molecule has 2 amide bonds. The van der Waals surface area contributed by atoms with E-state index in [1.54, 1.807) is 28.9 Å². The van der Waals surface area contributed by atoms with Gasteiger partial charge in [0.1, 0.15) is 12.4 Å². The average molecular weight is 350 g/mol. The van der Waals surface area contributed by atoms with E-state index in [2.05, 4.69) is 0 Å². The van der Waals surface area contributed by atoms with E-state index < -0.39 is 6.10 Å². The van der Waals surface area contributed by atoms with Crippen LogP contribution in [0.2, 0.25) is 0 Å². The molecule has 0 aliphatic carbocycles. The van der Waals surface area contributed by atoms with Gasteiger partial charge in [0.25, 0.3) is 5.91 Å². The molecule has 1 aromatic heterocycles. The van der Waals surface area contributed by atoms with Gasteiger partial charge in [0.2, 0.25) is 5.91 Å². The molecule has 0 aromatic carbocycles. The van der Waals surface area contributed by atoms with Crippen LogP contribution in [-0.2, 0) is 11.4 Å². The molecular formula is C18H26N2O5. The highest BCUT2D eigenvalue weighted by Gasteiger charge is 2.42. The molecular weight excluding hydrogens is 324 g/mol. The molecule has 3 rings (SSSR count). The summed E-state index contributed by atoms with van der Waals surface area (Å²) in [6.45, 7) is 3.77. The van der Waals surface area contributed by atoms with Crippen LogP contribution in [0.1, 0.15) is 48.9 Å². The molecule has 2 aliphatic heterocycles. The van der Waals surface area contributed by atoms with Crippen molar-refractivity contribution in [2.75, 3.05) is 26.2 Å². The van der Waals surface area contributed by atoms with Crippen LogP contribution in [0, 0.1) is 5.41 Å². The number of hydrogen-bond acceptors (Lipinski definition) is 5. The van der Waals surface area contributed by atoms with Crippen LogP contribution < -0.4 is 0 Å². The Kier molecular flexibility index (Phi) is 5.15. The molecule has 2 aliphatic rings. The highest BCUT2D eigenvalue weighted by molar-refractivity contribution is 5.91. The van der Waals surface area contributed by atoms with Gasteiger partial charge in [-0.3, -0.25) is 9.59 Å². The summed E-state index contributed by atoms with van der Waals surface area (Å²) in [6.07, 6.45) is 2.52. The van der Waals surface area contributed by atoms with Crippen LogP contribution in [0.15, 0.2) is 16.5 Å². The normalized spacial score (nSPS) is 21.6. The number of aliphatic hydroxyl groups excluding tert-OH is 2. The number of hydrogen-bond donors (Lipinski definition) is 2. The number of carbonyl (C=O) groups excluding carboxylic acids is 2. The molecule has 0 bridgehead atoms. The molecule has 25 heavy (non-hydrogen) atoms. The van der Waals surface area contributed by atoms with E-state index in [-0.39, 0.29) is 29.6 Å². The minimum absolute atomic E-state index is 0.0407. The van der Waals surface area contributed by atoms with Crippen molar-refractivity contribution in [1.82, 2.24) is 9.80 Å². The van der Waals surface area contributed by atoms with E-state index in [1.165, 1.54) is 0 Å². The average Bonchev–Trinajstić information content (AvgIpc) is 3.07. The maximum absolute atomic E-state index is 12.5. The van der Waals surface area contributed by atoms with E-state index >= 15 is 0 Å². The predicted molar refractivity (Wildman–Crippen MR) is 89.7 cm³/mol. The molecule has 0 radical (unpaired) electrons. The lowest BCUT2D eigenvalue weighted by Crippen LogP contribution is -2.53. The summed E-state index contributed by atoms with van der Waals surface area (Å²) < 4.78 is 5.34. The number of rotatable bonds is 4. The maximum atomic E-state index is 12.5. The van der Waals surface area contributed by atoms with Crippen LogP contribution in [-0.4, -0.2) is 64.1 Å². The number of amides is 2. The molecule has 2 N–H and O–H groups in total. The Balaban J connectivity index is 1.60. The summed E-state index contributed by atoms with van der Waals surface area (Å²) in [7, 11) is 0. The topological polar surface area (TPSA) is 94.2 Å². The van der Waals surface area contributed by atoms with E-state index in [9.17, 15) is 14.7 Å². The smallest absolute Gasteiger partial charge is 0.289 e. The van der Waals surface area contributed by atoms with Gasteiger partial charge in [-0.1, -0.05) is 0 Å². The molecule has 0 saturated carbocycles. The number of nitrogens with zero attached hydrogens (tertiary/aromatic N) is 2. The monoisotopic (exact) mass is 350 g/mol. The van der Waals surface area contributed by atoms with Crippen molar-refractivity contribution in [1.29, 1.82) is 0 Å². The van der Waals surface area contributed by atoms with E-state index in [4.69, 9.17) is 9.52 Å². The summed E-state index contributed by atoms with van der Waals surface area (Å²) in [6, 6.07) is 3.21. The van der Waals surface area contributed by atoms with Crippen molar-refractivity contribution < 1.29 is 24.2 Å². The molecule has 2 saturated heterocycles. The fourth-order valence-electron chi connectivity index (χ4n) is 3.91. The Morgan fingerprint density at radius 1 is 1.32 bits per heavy atom. The van der Waals surface area contributed by atoms with Gasteiger partial charge in [0, 0.05) is 32.6 Å². The summed E-state index contributed by atoms with van der Waals surface area (Å²) in [5.74, 6) is 0.602. The third-order valence-corrected chi connectivity index (χ3v) is 5.37. The fraction of sp³-hybridized carbons (Fsp3) is 0.667. The van der Waals surface area contributed by atoms with Crippen molar-refractivity contribution in [2.24, 2.45) is 5.41 Å². The Labute approximate surface area is 147 Å². The second kappa shape index (κ2) is 7.17. The van der Waals surface area contributed by atoms with Crippen molar-refractivity contribution >= 4 is 11.8 Å². The lowest BCUT2D eigenvalue weighted by molar-refractivity contribution is -0.140. The summed E-state index contributed by atoms with van der Waals surface area (Å²) in [5.41, 5.74) is 0.0407. The Morgan fingerprint density at radius 3 is 2.64 bits per heavy atom. The van der Waals surface area contributed by atoms with Crippen molar-refractivity contribution in [3.63, 3.8) is 0 Å². The number of β-amino-alcohol motifs (C(OH)–C–C–N with tert-alkyl or cyclic N) is 1. The first-order chi connectivity index (χ1) is 11.9. The number of carbonyl (C=O) groups is 2. The van der Waals surface area contributed by atoms with Gasteiger partial charge in [-0.15, -0.1) is 0 Å². The third kappa shape index (κ3) is 3.88. The molecule has 3 heterocycles. The number of likely N-dealkylation sites (tertiary alicyclic amines) is 2. The first-order valence-corrected chi connectivity index (χ1v) is 8.87. The summed E-state index contributed by atoms with van der Waals surface area (Å²) in [4.78, 5) is 28.1. The molecule has 138 valence electrons. The van der Waals surface area contributed by atoms with E-state index in [0.717, 1.165) is 19.3 Å². The SMILES string of the molecule is C[C@H](O)CN1CC2(CCC1=O)CCN(C(=O)c1ccc(CO)o1)CC2. The van der Waals surface area contributed by atoms with Crippen LogP contribution in [0.25, 0.3) is 0 Å². The molecule has 1 aromatic rings. The second-order valence-electron chi connectivity index (χ2n) is 7.34. The fourth-order valence-corrected chi connectivity index (χ4v) is 3.91. The maximum Gasteiger partial charge on any atom is 0.289 e. The van der Waals surface area contributed by atoms with Crippen molar-refractivity contribution in [3.8, 4) is 0 Å². The molecule has 1 spiro atoms. The minimum atomic E-state index is -0.527. The lowest BCUT2D eigenvalue weighted by atomic mass is 9.72. The molecule has 1 atom stereocenters. The first kappa shape index (κ1) is 17.9. The van der Waals surface area contributed by atoms with Gasteiger partial charge in [0.15, 0.2) is 5.76 Å². The Bertz CT molecular complexity index is 631. The number of furan rings is 1. The quantitative estimate of drug-likeness (QED) is 0.845. The van der Waals surface area contributed by atoms with Crippen LogP contribution in [0.5, 0.6) is 0 Å². The summed E-state index contributed by atoms with van der Waals surface area (Å²) >= 11 is 0. The number of aliphatic hydroxyl groups is 2. The molecule has 7 heteroatoms. The molecule has 0 unspecified atom stereocenters. The van der Waals surface area contributed by atoms with E-state index in [1.807, 2.05) is 0 Å². The zero-order chi connectivity index (χ0) is 18.0. The number of piperidine rings is 2. The highest BCUT2D eigenvalue weighted by Crippen LogP contribution is 2.40. The third-order valence-electron chi connectivity index (χ3n) is 5.37. The van der Waals surface area contributed by atoms with Crippen LogP contribution in [0.4, 0.5) is 0 Å². The first-order valence-electron chi connectivity index (χ1n) is 8.87. The van der Waals surface area contributed by atoms with Gasteiger partial charge in [0.05, 0.1) is 6.10 Å². The minimum Gasteiger partial charge on any atom is -0.453 e. The van der Waals surface area contributed by atoms with Gasteiger partial charge < -0.3 is 24.4 Å². The zero-order valence-corrected chi connectivity index (χ0v) is 14.6. The molecule has 2 fully saturated rings. The van der Waals surface area contributed by atoms with Gasteiger partial charge in [-0.05, 0) is 43.7 Å². The Morgan fingerprint density at radius 2 is 2.04 bits per heavy atom.